The molecule has 1 atom stereocenters. The highest BCUT2D eigenvalue weighted by Gasteiger charge is 2.21. The number of carbonyl (C=O) groups excluding carboxylic acids is 1. The van der Waals surface area contributed by atoms with Gasteiger partial charge in [-0.2, -0.15) is 0 Å². The van der Waals surface area contributed by atoms with Crippen molar-refractivity contribution < 1.29 is 13.2 Å². The molecular weight excluding hydrogens is 346 g/mol. The molecule has 6 nitrogen and oxygen atoms in total. The summed E-state index contributed by atoms with van der Waals surface area (Å²) >= 11 is 1.19. The summed E-state index contributed by atoms with van der Waals surface area (Å²) in [5, 5.41) is 4.63. The van der Waals surface area contributed by atoms with Gasteiger partial charge in [-0.1, -0.05) is 6.07 Å². The van der Waals surface area contributed by atoms with Crippen LogP contribution in [0.15, 0.2) is 46.2 Å². The van der Waals surface area contributed by atoms with Gasteiger partial charge in [0, 0.05) is 32.4 Å². The Morgan fingerprint density at radius 1 is 1.33 bits per heavy atom. The van der Waals surface area contributed by atoms with Crippen LogP contribution in [0, 0.1) is 0 Å². The van der Waals surface area contributed by atoms with Crippen LogP contribution in [-0.4, -0.2) is 37.2 Å². The number of thiophene rings is 1. The van der Waals surface area contributed by atoms with Gasteiger partial charge in [0.15, 0.2) is 0 Å². The third kappa shape index (κ3) is 4.86. The number of pyridine rings is 1. The van der Waals surface area contributed by atoms with Crippen molar-refractivity contribution in [2.75, 3.05) is 13.6 Å². The molecule has 0 aliphatic carbocycles. The van der Waals surface area contributed by atoms with E-state index in [1.54, 1.807) is 29.9 Å². The SMILES string of the molecule is CC(NC(=O)CCCN(C)S(=O)(=O)c1cccs1)c1ccncc1. The van der Waals surface area contributed by atoms with Gasteiger partial charge in [-0.05, 0) is 42.5 Å². The first-order valence-electron chi connectivity index (χ1n) is 7.60. The van der Waals surface area contributed by atoms with Gasteiger partial charge in [-0.15, -0.1) is 11.3 Å². The average Bonchev–Trinajstić information content (AvgIpc) is 3.10. The monoisotopic (exact) mass is 367 g/mol. The summed E-state index contributed by atoms with van der Waals surface area (Å²) in [6.45, 7) is 2.21. The smallest absolute Gasteiger partial charge is 0.252 e. The summed E-state index contributed by atoms with van der Waals surface area (Å²) in [4.78, 5) is 15.9. The first-order valence-corrected chi connectivity index (χ1v) is 9.92. The molecule has 24 heavy (non-hydrogen) atoms. The van der Waals surface area contributed by atoms with E-state index in [1.165, 1.54) is 22.7 Å². The lowest BCUT2D eigenvalue weighted by molar-refractivity contribution is -0.121. The summed E-state index contributed by atoms with van der Waals surface area (Å²) in [5.41, 5.74) is 0.982. The first kappa shape index (κ1) is 18.6. The molecule has 0 fully saturated rings. The predicted octanol–water partition coefficient (Wildman–Crippen LogP) is 2.42. The molecule has 0 aromatic carbocycles. The third-order valence-electron chi connectivity index (χ3n) is 3.62. The molecule has 0 radical (unpaired) electrons. The van der Waals surface area contributed by atoms with Gasteiger partial charge in [0.25, 0.3) is 10.0 Å². The van der Waals surface area contributed by atoms with Gasteiger partial charge in [0.1, 0.15) is 4.21 Å². The second-order valence-electron chi connectivity index (χ2n) is 5.43. The lowest BCUT2D eigenvalue weighted by Gasteiger charge is -2.17. The Hall–Kier alpha value is -1.77. The Bertz CT molecular complexity index is 746. The highest BCUT2D eigenvalue weighted by Crippen LogP contribution is 2.20. The summed E-state index contributed by atoms with van der Waals surface area (Å²) in [7, 11) is -1.91. The molecule has 0 aliphatic rings. The third-order valence-corrected chi connectivity index (χ3v) is 6.85. The summed E-state index contributed by atoms with van der Waals surface area (Å²) in [6.07, 6.45) is 4.11. The van der Waals surface area contributed by atoms with Gasteiger partial charge in [0.2, 0.25) is 5.91 Å². The maximum absolute atomic E-state index is 12.3. The minimum Gasteiger partial charge on any atom is -0.350 e. The van der Waals surface area contributed by atoms with E-state index >= 15 is 0 Å². The van der Waals surface area contributed by atoms with Gasteiger partial charge >= 0.3 is 0 Å². The van der Waals surface area contributed by atoms with Crippen molar-refractivity contribution in [1.82, 2.24) is 14.6 Å². The molecule has 0 saturated heterocycles. The van der Waals surface area contributed by atoms with Crippen LogP contribution >= 0.6 is 11.3 Å². The van der Waals surface area contributed by atoms with Crippen molar-refractivity contribution in [3.8, 4) is 0 Å². The zero-order valence-corrected chi connectivity index (χ0v) is 15.3. The number of rotatable bonds is 8. The van der Waals surface area contributed by atoms with Crippen LogP contribution < -0.4 is 5.32 Å². The lowest BCUT2D eigenvalue weighted by Crippen LogP contribution is -2.30. The molecule has 0 saturated carbocycles. The fourth-order valence-electron chi connectivity index (χ4n) is 2.20. The lowest BCUT2D eigenvalue weighted by atomic mass is 10.1. The Labute approximate surface area is 146 Å². The zero-order chi connectivity index (χ0) is 17.6. The maximum Gasteiger partial charge on any atom is 0.252 e. The standard InChI is InChI=1S/C16H21N3O3S2/c1-13(14-7-9-17-10-8-14)18-15(20)5-3-11-19(2)24(21,22)16-6-4-12-23-16/h4,6-10,12-13H,3,5,11H2,1-2H3,(H,18,20). The van der Waals surface area contributed by atoms with Gasteiger partial charge < -0.3 is 5.32 Å². The largest absolute Gasteiger partial charge is 0.350 e. The second-order valence-corrected chi connectivity index (χ2v) is 8.65. The Balaban J connectivity index is 1.78. The van der Waals surface area contributed by atoms with Crippen LogP contribution in [0.2, 0.25) is 0 Å². The highest BCUT2D eigenvalue weighted by molar-refractivity contribution is 7.91. The second kappa shape index (κ2) is 8.36. The van der Waals surface area contributed by atoms with Crippen molar-refractivity contribution in [2.24, 2.45) is 0 Å². The van der Waals surface area contributed by atoms with Crippen LogP contribution in [0.1, 0.15) is 31.4 Å². The van der Waals surface area contributed by atoms with E-state index in [4.69, 9.17) is 0 Å². The van der Waals surface area contributed by atoms with Crippen LogP contribution in [0.25, 0.3) is 0 Å². The number of hydrogen-bond acceptors (Lipinski definition) is 5. The van der Waals surface area contributed by atoms with Crippen molar-refractivity contribution in [2.45, 2.75) is 30.0 Å². The Kier molecular flexibility index (Phi) is 6.47. The number of nitrogens with zero attached hydrogens (tertiary/aromatic N) is 2. The molecule has 0 spiro atoms. The topological polar surface area (TPSA) is 79.4 Å². The van der Waals surface area contributed by atoms with E-state index < -0.39 is 10.0 Å². The molecule has 0 aliphatic heterocycles. The van der Waals surface area contributed by atoms with Crippen molar-refractivity contribution in [3.63, 3.8) is 0 Å². The maximum atomic E-state index is 12.3. The van der Waals surface area contributed by atoms with Crippen molar-refractivity contribution in [3.05, 3.63) is 47.6 Å². The average molecular weight is 367 g/mol. The molecule has 1 unspecified atom stereocenters. The number of sulfonamides is 1. The number of amides is 1. The highest BCUT2D eigenvalue weighted by atomic mass is 32.2. The Morgan fingerprint density at radius 2 is 2.04 bits per heavy atom. The van der Waals surface area contributed by atoms with Crippen molar-refractivity contribution in [1.29, 1.82) is 0 Å². The predicted molar refractivity (Wildman–Crippen MR) is 94.2 cm³/mol. The molecule has 2 aromatic heterocycles. The summed E-state index contributed by atoms with van der Waals surface area (Å²) in [5.74, 6) is -0.0961. The molecule has 130 valence electrons. The van der Waals surface area contributed by atoms with E-state index in [0.717, 1.165) is 5.56 Å². The fourth-order valence-corrected chi connectivity index (χ4v) is 4.61. The van der Waals surface area contributed by atoms with E-state index in [0.29, 0.717) is 17.2 Å². The Morgan fingerprint density at radius 3 is 2.67 bits per heavy atom. The number of hydrogen-bond donors (Lipinski definition) is 1. The van der Waals surface area contributed by atoms with Gasteiger partial charge in [-0.25, -0.2) is 12.7 Å². The number of carbonyl (C=O) groups is 1. The molecule has 1 amide bonds. The van der Waals surface area contributed by atoms with E-state index in [1.807, 2.05) is 19.1 Å². The number of aromatic nitrogens is 1. The molecule has 2 aromatic rings. The van der Waals surface area contributed by atoms with Gasteiger partial charge in [0.05, 0.1) is 6.04 Å². The molecular formula is C16H21N3O3S2. The molecule has 8 heteroatoms. The van der Waals surface area contributed by atoms with Crippen LogP contribution in [0.5, 0.6) is 0 Å². The summed E-state index contributed by atoms with van der Waals surface area (Å²) in [6, 6.07) is 6.89. The van der Waals surface area contributed by atoms with E-state index in [2.05, 4.69) is 10.3 Å². The van der Waals surface area contributed by atoms with Crippen LogP contribution in [-0.2, 0) is 14.8 Å². The number of nitrogens with one attached hydrogen (secondary N) is 1. The summed E-state index contributed by atoms with van der Waals surface area (Å²) < 4.78 is 26.1. The minimum absolute atomic E-state index is 0.0961. The quantitative estimate of drug-likeness (QED) is 0.777. The van der Waals surface area contributed by atoms with Crippen LogP contribution in [0.4, 0.5) is 0 Å². The van der Waals surface area contributed by atoms with Crippen LogP contribution in [0.3, 0.4) is 0 Å². The van der Waals surface area contributed by atoms with E-state index in [9.17, 15) is 13.2 Å². The first-order chi connectivity index (χ1) is 11.4. The molecule has 2 heterocycles. The van der Waals surface area contributed by atoms with E-state index in [-0.39, 0.29) is 18.4 Å². The normalized spacial score (nSPS) is 13.0. The zero-order valence-electron chi connectivity index (χ0n) is 13.7. The molecule has 2 rings (SSSR count). The fraction of sp³-hybridized carbons (Fsp3) is 0.375. The molecule has 0 bridgehead atoms. The van der Waals surface area contributed by atoms with Gasteiger partial charge in [-0.3, -0.25) is 9.78 Å². The minimum atomic E-state index is -3.45. The molecule has 1 N–H and O–H groups in total. The van der Waals surface area contributed by atoms with Crippen molar-refractivity contribution >= 4 is 27.3 Å².